The van der Waals surface area contributed by atoms with E-state index in [9.17, 15) is 0 Å². The molecule has 5 heteroatoms. The van der Waals surface area contributed by atoms with E-state index in [1.807, 2.05) is 29.2 Å². The van der Waals surface area contributed by atoms with Gasteiger partial charge in [-0.15, -0.1) is 0 Å². The Morgan fingerprint density at radius 3 is 2.62 bits per heavy atom. The summed E-state index contributed by atoms with van der Waals surface area (Å²) in [7, 11) is 0. The summed E-state index contributed by atoms with van der Waals surface area (Å²) in [6, 6.07) is 15.2. The van der Waals surface area contributed by atoms with Crippen LogP contribution < -0.4 is 5.32 Å². The Labute approximate surface area is 173 Å². The molecule has 0 amide bonds. The van der Waals surface area contributed by atoms with E-state index < -0.39 is 0 Å². The highest BCUT2D eigenvalue weighted by molar-refractivity contribution is 5.61. The van der Waals surface area contributed by atoms with Gasteiger partial charge in [0.25, 0.3) is 0 Å². The Bertz CT molecular complexity index is 869. The number of nitrogens with zero attached hydrogens (tertiary/aromatic N) is 4. The maximum Gasteiger partial charge on any atom is 0.0983 e. The number of likely N-dealkylation sites (tertiary alicyclic amines) is 1. The molecule has 152 valence electrons. The van der Waals surface area contributed by atoms with Gasteiger partial charge >= 0.3 is 0 Å². The van der Waals surface area contributed by atoms with E-state index in [1.54, 1.807) is 0 Å². The zero-order valence-corrected chi connectivity index (χ0v) is 17.3. The highest BCUT2D eigenvalue weighted by atomic mass is 15.3. The van der Waals surface area contributed by atoms with Crippen LogP contribution in [0.2, 0.25) is 0 Å². The van der Waals surface area contributed by atoms with Crippen molar-refractivity contribution in [3.8, 4) is 11.3 Å². The molecule has 0 bridgehead atoms. The third kappa shape index (κ3) is 5.11. The average Bonchev–Trinajstić information content (AvgIpc) is 3.43. The Morgan fingerprint density at radius 2 is 1.90 bits per heavy atom. The van der Waals surface area contributed by atoms with Gasteiger partial charge in [-0.25, -0.2) is 0 Å². The predicted octanol–water partition coefficient (Wildman–Crippen LogP) is 3.96. The van der Waals surface area contributed by atoms with Crippen molar-refractivity contribution in [1.29, 1.82) is 0 Å². The molecule has 0 saturated carbocycles. The van der Waals surface area contributed by atoms with E-state index in [2.05, 4.69) is 58.7 Å². The Hall–Kier alpha value is -2.50. The summed E-state index contributed by atoms with van der Waals surface area (Å²) in [6.07, 6.45) is 9.76. The van der Waals surface area contributed by atoms with Crippen molar-refractivity contribution in [3.05, 3.63) is 72.2 Å². The summed E-state index contributed by atoms with van der Waals surface area (Å²) < 4.78 is 2.05. The van der Waals surface area contributed by atoms with Crippen LogP contribution in [0.1, 0.15) is 37.3 Å². The largest absolute Gasteiger partial charge is 0.311 e. The van der Waals surface area contributed by atoms with Gasteiger partial charge in [-0.05, 0) is 50.0 Å². The molecule has 4 rings (SSSR count). The number of benzene rings is 1. The molecule has 3 heterocycles. The second-order valence-electron chi connectivity index (χ2n) is 7.86. The standard InChI is InChI=1S/C24H31N5/c1-2-23(28-13-6-7-14-28)17-26-16-22-19-29(18-20-9-4-3-5-10-20)27-24(22)21-11-8-12-25-15-21/h3-5,8-12,15,19,23,26H,2,6-7,13-14,16-18H2,1H3. The van der Waals surface area contributed by atoms with Crippen LogP contribution in [0.3, 0.4) is 0 Å². The van der Waals surface area contributed by atoms with Crippen molar-refractivity contribution in [2.75, 3.05) is 19.6 Å². The van der Waals surface area contributed by atoms with Crippen LogP contribution in [-0.4, -0.2) is 45.3 Å². The van der Waals surface area contributed by atoms with Crippen LogP contribution in [0.25, 0.3) is 11.3 Å². The molecular weight excluding hydrogens is 358 g/mol. The van der Waals surface area contributed by atoms with Crippen LogP contribution in [0.4, 0.5) is 0 Å². The fourth-order valence-corrected chi connectivity index (χ4v) is 4.20. The molecule has 0 radical (unpaired) electrons. The molecule has 5 nitrogen and oxygen atoms in total. The fraction of sp³-hybridized carbons (Fsp3) is 0.417. The van der Waals surface area contributed by atoms with E-state index >= 15 is 0 Å². The van der Waals surface area contributed by atoms with Gasteiger partial charge in [-0.3, -0.25) is 14.6 Å². The normalized spacial score (nSPS) is 15.6. The van der Waals surface area contributed by atoms with Crippen LogP contribution in [0, 0.1) is 0 Å². The van der Waals surface area contributed by atoms with Crippen molar-refractivity contribution in [2.24, 2.45) is 0 Å². The Kier molecular flexibility index (Phi) is 6.70. The van der Waals surface area contributed by atoms with Gasteiger partial charge in [0.05, 0.1) is 12.2 Å². The lowest BCUT2D eigenvalue weighted by molar-refractivity contribution is 0.229. The average molecular weight is 390 g/mol. The minimum absolute atomic E-state index is 0.624. The lowest BCUT2D eigenvalue weighted by atomic mass is 10.1. The second-order valence-corrected chi connectivity index (χ2v) is 7.86. The third-order valence-corrected chi connectivity index (χ3v) is 5.78. The zero-order valence-electron chi connectivity index (χ0n) is 17.3. The van der Waals surface area contributed by atoms with Crippen LogP contribution in [0.15, 0.2) is 61.1 Å². The number of hydrogen-bond acceptors (Lipinski definition) is 4. The molecule has 29 heavy (non-hydrogen) atoms. The van der Waals surface area contributed by atoms with Crippen molar-refractivity contribution in [3.63, 3.8) is 0 Å². The molecule has 1 saturated heterocycles. The van der Waals surface area contributed by atoms with E-state index in [1.165, 1.54) is 43.5 Å². The van der Waals surface area contributed by atoms with E-state index in [4.69, 9.17) is 5.10 Å². The van der Waals surface area contributed by atoms with Gasteiger partial charge < -0.3 is 5.32 Å². The van der Waals surface area contributed by atoms with Crippen LogP contribution in [0.5, 0.6) is 0 Å². The van der Waals surface area contributed by atoms with Gasteiger partial charge in [0, 0.05) is 48.8 Å². The highest BCUT2D eigenvalue weighted by Crippen LogP contribution is 2.22. The fourth-order valence-electron chi connectivity index (χ4n) is 4.20. The van der Waals surface area contributed by atoms with Gasteiger partial charge in [-0.2, -0.15) is 5.10 Å². The van der Waals surface area contributed by atoms with Gasteiger partial charge in [0.1, 0.15) is 0 Å². The third-order valence-electron chi connectivity index (χ3n) is 5.78. The number of aromatic nitrogens is 3. The lowest BCUT2D eigenvalue weighted by Gasteiger charge is -2.26. The Balaban J connectivity index is 1.48. The molecule has 1 aromatic carbocycles. The van der Waals surface area contributed by atoms with Crippen molar-refractivity contribution in [2.45, 2.75) is 45.3 Å². The lowest BCUT2D eigenvalue weighted by Crippen LogP contribution is -2.40. The molecule has 1 atom stereocenters. The maximum absolute atomic E-state index is 4.90. The highest BCUT2D eigenvalue weighted by Gasteiger charge is 2.20. The molecule has 1 N–H and O–H groups in total. The van der Waals surface area contributed by atoms with Crippen molar-refractivity contribution < 1.29 is 0 Å². The smallest absolute Gasteiger partial charge is 0.0983 e. The molecule has 1 aliphatic heterocycles. The van der Waals surface area contributed by atoms with Crippen LogP contribution >= 0.6 is 0 Å². The SMILES string of the molecule is CCC(CNCc1cn(Cc2ccccc2)nc1-c1cccnc1)N1CCCC1. The number of nitrogens with one attached hydrogen (secondary N) is 1. The second kappa shape index (κ2) is 9.81. The minimum Gasteiger partial charge on any atom is -0.311 e. The number of hydrogen-bond donors (Lipinski definition) is 1. The molecule has 3 aromatic rings. The number of rotatable bonds is 9. The molecule has 0 spiro atoms. The quantitative estimate of drug-likeness (QED) is 0.602. The van der Waals surface area contributed by atoms with Crippen molar-refractivity contribution in [1.82, 2.24) is 25.0 Å². The van der Waals surface area contributed by atoms with Crippen LogP contribution in [-0.2, 0) is 13.1 Å². The molecule has 1 aliphatic rings. The molecule has 1 unspecified atom stereocenters. The summed E-state index contributed by atoms with van der Waals surface area (Å²) in [4.78, 5) is 6.93. The summed E-state index contributed by atoms with van der Waals surface area (Å²) in [5, 5.41) is 8.60. The first kappa shape index (κ1) is 19.8. The van der Waals surface area contributed by atoms with Crippen molar-refractivity contribution >= 4 is 0 Å². The Morgan fingerprint density at radius 1 is 1.07 bits per heavy atom. The first-order valence-electron chi connectivity index (χ1n) is 10.8. The first-order valence-corrected chi connectivity index (χ1v) is 10.8. The first-order chi connectivity index (χ1) is 14.3. The topological polar surface area (TPSA) is 46.0 Å². The van der Waals surface area contributed by atoms with Gasteiger partial charge in [-0.1, -0.05) is 37.3 Å². The summed E-state index contributed by atoms with van der Waals surface area (Å²) in [5.41, 5.74) is 4.58. The number of pyridine rings is 1. The molecular formula is C24H31N5. The van der Waals surface area contributed by atoms with E-state index in [-0.39, 0.29) is 0 Å². The summed E-state index contributed by atoms with van der Waals surface area (Å²) >= 11 is 0. The zero-order chi connectivity index (χ0) is 19.9. The molecule has 0 aliphatic carbocycles. The summed E-state index contributed by atoms with van der Waals surface area (Å²) in [6.45, 7) is 7.41. The summed E-state index contributed by atoms with van der Waals surface area (Å²) in [5.74, 6) is 0. The predicted molar refractivity (Wildman–Crippen MR) is 118 cm³/mol. The minimum atomic E-state index is 0.624. The van der Waals surface area contributed by atoms with Gasteiger partial charge in [0.15, 0.2) is 0 Å². The van der Waals surface area contributed by atoms with E-state index in [0.29, 0.717) is 6.04 Å². The monoisotopic (exact) mass is 389 g/mol. The van der Waals surface area contributed by atoms with E-state index in [0.717, 1.165) is 30.9 Å². The maximum atomic E-state index is 4.90. The molecule has 2 aromatic heterocycles. The molecule has 1 fully saturated rings. The van der Waals surface area contributed by atoms with Gasteiger partial charge in [0.2, 0.25) is 0 Å².